The normalized spacial score (nSPS) is 38.2. The highest BCUT2D eigenvalue weighted by Crippen LogP contribution is 2.34. The third kappa shape index (κ3) is 4.45. The first-order valence-corrected chi connectivity index (χ1v) is 11.9. The van der Waals surface area contributed by atoms with E-state index in [1.807, 2.05) is 11.9 Å². The van der Waals surface area contributed by atoms with Gasteiger partial charge >= 0.3 is 0 Å². The van der Waals surface area contributed by atoms with Crippen molar-refractivity contribution < 1.29 is 9.59 Å². The molecule has 0 bridgehead atoms. The first-order chi connectivity index (χ1) is 15.1. The molecule has 0 aromatic carbocycles. The summed E-state index contributed by atoms with van der Waals surface area (Å²) in [7, 11) is 1.85. The predicted octanol–water partition coefficient (Wildman–Crippen LogP) is -2.11. The molecule has 1 saturated carbocycles. The van der Waals surface area contributed by atoms with Crippen LogP contribution in [0.3, 0.4) is 0 Å². The van der Waals surface area contributed by atoms with Crippen molar-refractivity contribution in [3.63, 3.8) is 0 Å². The molecule has 0 spiro atoms. The Kier molecular flexibility index (Phi) is 6.42. The second-order valence-corrected chi connectivity index (χ2v) is 9.86. The van der Waals surface area contributed by atoms with Gasteiger partial charge in [-0.15, -0.1) is 0 Å². The average Bonchev–Trinajstić information content (AvgIpc) is 3.55. The highest BCUT2D eigenvalue weighted by Gasteiger charge is 2.47. The van der Waals surface area contributed by atoms with Gasteiger partial charge in [0.25, 0.3) is 0 Å². The predicted molar refractivity (Wildman–Crippen MR) is 114 cm³/mol. The maximum absolute atomic E-state index is 13.3. The number of amides is 2. The van der Waals surface area contributed by atoms with Crippen molar-refractivity contribution in [3.05, 3.63) is 0 Å². The molecule has 0 aromatic heterocycles. The van der Waals surface area contributed by atoms with E-state index in [0.29, 0.717) is 25.0 Å². The molecule has 11 heteroatoms. The van der Waals surface area contributed by atoms with Crippen molar-refractivity contribution in [2.24, 2.45) is 11.8 Å². The van der Waals surface area contributed by atoms with Gasteiger partial charge in [-0.25, -0.2) is 16.3 Å². The van der Waals surface area contributed by atoms with Gasteiger partial charge in [0.05, 0.1) is 12.2 Å². The molecule has 2 amide bonds. The van der Waals surface area contributed by atoms with E-state index in [1.165, 1.54) is 25.7 Å². The van der Waals surface area contributed by atoms with Crippen LogP contribution in [0.1, 0.15) is 44.9 Å². The summed E-state index contributed by atoms with van der Waals surface area (Å²) in [5.74, 6) is 1.07. The van der Waals surface area contributed by atoms with Crippen LogP contribution in [-0.2, 0) is 9.59 Å². The summed E-state index contributed by atoms with van der Waals surface area (Å²) in [6, 6.07) is 0.409. The second-order valence-electron chi connectivity index (χ2n) is 9.86. The van der Waals surface area contributed by atoms with Crippen LogP contribution < -0.4 is 38.1 Å². The molecular formula is C20H37N9O2. The summed E-state index contributed by atoms with van der Waals surface area (Å²) in [6.07, 6.45) is 7.73. The van der Waals surface area contributed by atoms with Crippen molar-refractivity contribution >= 4 is 11.8 Å². The molecule has 4 heterocycles. The number of hydrogen-bond acceptors (Lipinski definition) is 9. The Morgan fingerprint density at radius 3 is 2.61 bits per heavy atom. The lowest BCUT2D eigenvalue weighted by Crippen LogP contribution is -2.55. The summed E-state index contributed by atoms with van der Waals surface area (Å²) in [5, 5.41) is 3.63. The third-order valence-electron chi connectivity index (χ3n) is 7.93. The fourth-order valence-electron chi connectivity index (χ4n) is 6.08. The number of rotatable bonds is 5. The van der Waals surface area contributed by atoms with Gasteiger partial charge in [0.2, 0.25) is 11.8 Å². The number of likely N-dealkylation sites (N-methyl/N-ethyl adjacent to an activating group) is 1. The molecule has 11 nitrogen and oxygen atoms in total. The lowest BCUT2D eigenvalue weighted by atomic mass is 9.84. The molecule has 6 unspecified atom stereocenters. The molecule has 5 rings (SSSR count). The molecule has 31 heavy (non-hydrogen) atoms. The highest BCUT2D eigenvalue weighted by atomic mass is 16.2. The van der Waals surface area contributed by atoms with E-state index in [1.54, 1.807) is 4.90 Å². The summed E-state index contributed by atoms with van der Waals surface area (Å²) < 4.78 is 0. The van der Waals surface area contributed by atoms with Crippen LogP contribution in [0, 0.1) is 11.8 Å². The third-order valence-corrected chi connectivity index (χ3v) is 7.93. The van der Waals surface area contributed by atoms with Gasteiger partial charge < -0.3 is 15.1 Å². The van der Waals surface area contributed by atoms with Crippen LogP contribution >= 0.6 is 0 Å². The van der Waals surface area contributed by atoms with Crippen molar-refractivity contribution in [1.29, 1.82) is 0 Å². The highest BCUT2D eigenvalue weighted by molar-refractivity contribution is 5.84. The van der Waals surface area contributed by atoms with Gasteiger partial charge in [0.15, 0.2) is 0 Å². The molecule has 5 fully saturated rings. The van der Waals surface area contributed by atoms with Crippen LogP contribution in [0.15, 0.2) is 0 Å². The summed E-state index contributed by atoms with van der Waals surface area (Å²) in [4.78, 5) is 30.2. The Morgan fingerprint density at radius 1 is 1.00 bits per heavy atom. The fourth-order valence-corrected chi connectivity index (χ4v) is 6.08. The first kappa shape index (κ1) is 21.5. The lowest BCUT2D eigenvalue weighted by Gasteiger charge is -2.37. The molecule has 1 aliphatic carbocycles. The smallest absolute Gasteiger partial charge is 0.241 e. The zero-order valence-corrected chi connectivity index (χ0v) is 18.3. The van der Waals surface area contributed by atoms with E-state index in [0.717, 1.165) is 25.8 Å². The summed E-state index contributed by atoms with van der Waals surface area (Å²) in [5.41, 5.74) is 18.2. The van der Waals surface area contributed by atoms with E-state index in [9.17, 15) is 9.59 Å². The molecule has 0 aromatic rings. The minimum Gasteiger partial charge on any atom is -0.344 e. The summed E-state index contributed by atoms with van der Waals surface area (Å²) in [6.45, 7) is 2.04. The monoisotopic (exact) mass is 435 g/mol. The van der Waals surface area contributed by atoms with E-state index in [4.69, 9.17) is 0 Å². The number of carbonyl (C=O) groups is 2. The summed E-state index contributed by atoms with van der Waals surface area (Å²) >= 11 is 0. The number of piperidine rings is 1. The van der Waals surface area contributed by atoms with E-state index in [2.05, 4.69) is 38.1 Å². The van der Waals surface area contributed by atoms with Crippen LogP contribution in [0.5, 0.6) is 0 Å². The SMILES string of the molecule is CN(CCC1NNNN1)C(=O)C1NNC2CCN(C(=O)C3CC4CCCCC4N3)CC21. The Balaban J connectivity index is 1.16. The molecule has 6 atom stereocenters. The number of nitrogens with one attached hydrogen (secondary N) is 7. The van der Waals surface area contributed by atoms with E-state index in [-0.39, 0.29) is 42.0 Å². The first-order valence-electron chi connectivity index (χ1n) is 11.9. The van der Waals surface area contributed by atoms with Gasteiger partial charge in [-0.2, -0.15) is 11.1 Å². The minimum absolute atomic E-state index is 0.0440. The van der Waals surface area contributed by atoms with Crippen LogP contribution in [-0.4, -0.2) is 78.6 Å². The number of likely N-dealkylation sites (tertiary alicyclic amines) is 1. The average molecular weight is 436 g/mol. The lowest BCUT2D eigenvalue weighted by molar-refractivity contribution is -0.138. The number of fused-ring (bicyclic) bond motifs is 2. The maximum Gasteiger partial charge on any atom is 0.241 e. The van der Waals surface area contributed by atoms with E-state index < -0.39 is 0 Å². The topological polar surface area (TPSA) is 125 Å². The van der Waals surface area contributed by atoms with Crippen molar-refractivity contribution in [3.8, 4) is 0 Å². The zero-order valence-electron chi connectivity index (χ0n) is 18.3. The molecule has 7 N–H and O–H groups in total. The molecule has 174 valence electrons. The Morgan fingerprint density at radius 2 is 1.81 bits per heavy atom. The van der Waals surface area contributed by atoms with Gasteiger partial charge in [-0.1, -0.05) is 12.8 Å². The quantitative estimate of drug-likeness (QED) is 0.260. The largest absolute Gasteiger partial charge is 0.344 e. The van der Waals surface area contributed by atoms with Crippen LogP contribution in [0.4, 0.5) is 0 Å². The molecule has 5 aliphatic rings. The van der Waals surface area contributed by atoms with Crippen molar-refractivity contribution in [2.45, 2.75) is 75.3 Å². The van der Waals surface area contributed by atoms with Gasteiger partial charge in [0, 0.05) is 44.7 Å². The van der Waals surface area contributed by atoms with Gasteiger partial charge in [0.1, 0.15) is 6.04 Å². The standard InChI is InChI=1S/C20H37N9O2/c1-28(8-7-17-23-26-27-24-17)20(31)18-13-11-29(9-6-15(13)22-25-18)19(30)16-10-12-4-2-3-5-14(12)21-16/h12-18,21-27H,2-11H2,1H3. The molecule has 4 saturated heterocycles. The van der Waals surface area contributed by atoms with Crippen molar-refractivity contribution in [2.75, 3.05) is 26.7 Å². The fraction of sp³-hybridized carbons (Fsp3) is 0.900. The molecule has 0 radical (unpaired) electrons. The number of nitrogens with zero attached hydrogens (tertiary/aromatic N) is 2. The second kappa shape index (κ2) is 9.26. The Bertz CT molecular complexity index is 659. The van der Waals surface area contributed by atoms with Crippen LogP contribution in [0.2, 0.25) is 0 Å². The van der Waals surface area contributed by atoms with Crippen LogP contribution in [0.25, 0.3) is 0 Å². The van der Waals surface area contributed by atoms with Gasteiger partial charge in [-0.3, -0.25) is 15.0 Å². The number of carbonyl (C=O) groups excluding carboxylic acids is 2. The maximum atomic E-state index is 13.3. The minimum atomic E-state index is -0.300. The number of hydrazine groups is 4. The van der Waals surface area contributed by atoms with Crippen molar-refractivity contribution in [1.82, 2.24) is 47.9 Å². The zero-order chi connectivity index (χ0) is 21.4. The van der Waals surface area contributed by atoms with E-state index >= 15 is 0 Å². The van der Waals surface area contributed by atoms with Gasteiger partial charge in [-0.05, 0) is 38.0 Å². The Labute approximate surface area is 183 Å². The number of hydrogen-bond donors (Lipinski definition) is 7. The Hall–Kier alpha value is -1.34. The molecular weight excluding hydrogens is 398 g/mol. The molecule has 4 aliphatic heterocycles.